The number of carbonyl (C=O) groups is 1. The SMILES string of the molecule is O=C(CNc1c(Cl)cc(F)cc1Cl)N1CCCCCC1. The van der Waals surface area contributed by atoms with Gasteiger partial charge in [-0.05, 0) is 25.0 Å². The molecule has 0 aromatic heterocycles. The molecule has 1 aromatic rings. The van der Waals surface area contributed by atoms with Gasteiger partial charge in [-0.1, -0.05) is 36.0 Å². The number of likely N-dealkylation sites (tertiary alicyclic amines) is 1. The predicted octanol–water partition coefficient (Wildman–Crippen LogP) is 3.95. The van der Waals surface area contributed by atoms with E-state index >= 15 is 0 Å². The van der Waals surface area contributed by atoms with Gasteiger partial charge in [-0.3, -0.25) is 4.79 Å². The van der Waals surface area contributed by atoms with Crippen molar-refractivity contribution >= 4 is 34.8 Å². The summed E-state index contributed by atoms with van der Waals surface area (Å²) in [6.45, 7) is 1.71. The molecule has 20 heavy (non-hydrogen) atoms. The van der Waals surface area contributed by atoms with E-state index in [0.717, 1.165) is 25.9 Å². The molecule has 1 heterocycles. The number of nitrogens with zero attached hydrogens (tertiary/aromatic N) is 1. The molecule has 1 N–H and O–H groups in total. The van der Waals surface area contributed by atoms with Crippen molar-refractivity contribution in [1.82, 2.24) is 4.90 Å². The topological polar surface area (TPSA) is 32.3 Å². The average molecular weight is 319 g/mol. The zero-order valence-electron chi connectivity index (χ0n) is 11.1. The maximum Gasteiger partial charge on any atom is 0.241 e. The summed E-state index contributed by atoms with van der Waals surface area (Å²) in [6, 6.07) is 2.35. The lowest BCUT2D eigenvalue weighted by molar-refractivity contribution is -0.129. The Bertz CT molecular complexity index is 465. The molecule has 0 bridgehead atoms. The maximum atomic E-state index is 13.1. The summed E-state index contributed by atoms with van der Waals surface area (Å²) in [5, 5.41) is 3.26. The van der Waals surface area contributed by atoms with Crippen LogP contribution in [0.1, 0.15) is 25.7 Å². The molecule has 1 aliphatic rings. The second-order valence-corrected chi connectivity index (χ2v) is 5.71. The van der Waals surface area contributed by atoms with Gasteiger partial charge in [0.15, 0.2) is 0 Å². The fourth-order valence-electron chi connectivity index (χ4n) is 2.31. The fourth-order valence-corrected chi connectivity index (χ4v) is 2.90. The smallest absolute Gasteiger partial charge is 0.241 e. The van der Waals surface area contributed by atoms with E-state index in [2.05, 4.69) is 5.32 Å². The molecular formula is C14H17Cl2FN2O. The van der Waals surface area contributed by atoms with Crippen LogP contribution < -0.4 is 5.32 Å². The minimum Gasteiger partial charge on any atom is -0.374 e. The van der Waals surface area contributed by atoms with Gasteiger partial charge < -0.3 is 10.2 Å². The molecule has 1 amide bonds. The van der Waals surface area contributed by atoms with Crippen LogP contribution in [-0.2, 0) is 4.79 Å². The summed E-state index contributed by atoms with van der Waals surface area (Å²) in [5.41, 5.74) is 0.401. The van der Waals surface area contributed by atoms with Gasteiger partial charge in [0.2, 0.25) is 5.91 Å². The number of anilines is 1. The molecule has 1 saturated heterocycles. The van der Waals surface area contributed by atoms with Gasteiger partial charge in [-0.15, -0.1) is 0 Å². The van der Waals surface area contributed by atoms with Crippen LogP contribution in [-0.4, -0.2) is 30.4 Å². The van der Waals surface area contributed by atoms with Gasteiger partial charge in [0.25, 0.3) is 0 Å². The Labute approximate surface area is 128 Å². The van der Waals surface area contributed by atoms with Gasteiger partial charge in [0.1, 0.15) is 5.82 Å². The van der Waals surface area contributed by atoms with Crippen LogP contribution in [0.5, 0.6) is 0 Å². The van der Waals surface area contributed by atoms with E-state index in [1.165, 1.54) is 25.0 Å². The van der Waals surface area contributed by atoms with E-state index < -0.39 is 5.82 Å². The van der Waals surface area contributed by atoms with Crippen LogP contribution in [0, 0.1) is 5.82 Å². The third-order valence-electron chi connectivity index (χ3n) is 3.38. The van der Waals surface area contributed by atoms with Crippen molar-refractivity contribution in [2.24, 2.45) is 0 Å². The Morgan fingerprint density at radius 1 is 1.15 bits per heavy atom. The Kier molecular flexibility index (Phi) is 5.49. The summed E-state index contributed by atoms with van der Waals surface area (Å²) >= 11 is 11.8. The van der Waals surface area contributed by atoms with Crippen molar-refractivity contribution in [2.45, 2.75) is 25.7 Å². The fraction of sp³-hybridized carbons (Fsp3) is 0.500. The first-order valence-corrected chi connectivity index (χ1v) is 7.49. The number of nitrogens with one attached hydrogen (secondary N) is 1. The first-order chi connectivity index (χ1) is 9.58. The van der Waals surface area contributed by atoms with Gasteiger partial charge >= 0.3 is 0 Å². The number of hydrogen-bond donors (Lipinski definition) is 1. The Morgan fingerprint density at radius 3 is 2.25 bits per heavy atom. The molecule has 1 fully saturated rings. The van der Waals surface area contributed by atoms with Gasteiger partial charge in [-0.25, -0.2) is 4.39 Å². The highest BCUT2D eigenvalue weighted by molar-refractivity contribution is 6.39. The first kappa shape index (κ1) is 15.4. The standard InChI is InChI=1S/C14H17Cl2FN2O/c15-11-7-10(17)8-12(16)14(11)18-9-13(20)19-5-3-1-2-4-6-19/h7-8,18H,1-6,9H2. The van der Waals surface area contributed by atoms with Crippen LogP contribution in [0.3, 0.4) is 0 Å². The Hall–Kier alpha value is -1.00. The van der Waals surface area contributed by atoms with E-state index in [9.17, 15) is 9.18 Å². The molecular weight excluding hydrogens is 302 g/mol. The Morgan fingerprint density at radius 2 is 1.70 bits per heavy atom. The van der Waals surface area contributed by atoms with E-state index in [1.807, 2.05) is 4.90 Å². The van der Waals surface area contributed by atoms with E-state index in [1.54, 1.807) is 0 Å². The average Bonchev–Trinajstić information content (AvgIpc) is 2.66. The minimum absolute atomic E-state index is 0.0170. The first-order valence-electron chi connectivity index (χ1n) is 6.74. The summed E-state index contributed by atoms with van der Waals surface area (Å²) in [5.74, 6) is -0.479. The number of hydrogen-bond acceptors (Lipinski definition) is 2. The quantitative estimate of drug-likeness (QED) is 0.915. The van der Waals surface area contributed by atoms with Crippen molar-refractivity contribution < 1.29 is 9.18 Å². The summed E-state index contributed by atoms with van der Waals surface area (Å²) in [4.78, 5) is 14.0. The lowest BCUT2D eigenvalue weighted by Crippen LogP contribution is -2.36. The molecule has 0 unspecified atom stereocenters. The molecule has 1 aliphatic heterocycles. The lowest BCUT2D eigenvalue weighted by Gasteiger charge is -2.21. The maximum absolute atomic E-state index is 13.1. The van der Waals surface area contributed by atoms with Crippen LogP contribution in [0.25, 0.3) is 0 Å². The van der Waals surface area contributed by atoms with E-state index in [0.29, 0.717) is 5.69 Å². The normalized spacial score (nSPS) is 15.8. The minimum atomic E-state index is -0.496. The predicted molar refractivity (Wildman–Crippen MR) is 80.0 cm³/mol. The Balaban J connectivity index is 1.96. The zero-order chi connectivity index (χ0) is 14.5. The van der Waals surface area contributed by atoms with E-state index in [-0.39, 0.29) is 22.5 Å². The summed E-state index contributed by atoms with van der Waals surface area (Å²) in [7, 11) is 0. The van der Waals surface area contributed by atoms with Crippen LogP contribution >= 0.6 is 23.2 Å². The van der Waals surface area contributed by atoms with Gasteiger partial charge in [0.05, 0.1) is 22.3 Å². The lowest BCUT2D eigenvalue weighted by atomic mass is 10.2. The molecule has 6 heteroatoms. The third kappa shape index (κ3) is 4.00. The van der Waals surface area contributed by atoms with Crippen molar-refractivity contribution in [3.05, 3.63) is 28.0 Å². The molecule has 3 nitrogen and oxygen atoms in total. The van der Waals surface area contributed by atoms with Crippen LogP contribution in [0.15, 0.2) is 12.1 Å². The van der Waals surface area contributed by atoms with Gasteiger partial charge in [0, 0.05) is 13.1 Å². The summed E-state index contributed by atoms with van der Waals surface area (Å²) in [6.07, 6.45) is 4.44. The van der Waals surface area contributed by atoms with Crippen molar-refractivity contribution in [2.75, 3.05) is 25.0 Å². The number of amides is 1. The van der Waals surface area contributed by atoms with E-state index in [4.69, 9.17) is 23.2 Å². The molecule has 110 valence electrons. The van der Waals surface area contributed by atoms with Gasteiger partial charge in [-0.2, -0.15) is 0 Å². The highest BCUT2D eigenvalue weighted by atomic mass is 35.5. The van der Waals surface area contributed by atoms with Crippen molar-refractivity contribution in [1.29, 1.82) is 0 Å². The van der Waals surface area contributed by atoms with Crippen LogP contribution in [0.4, 0.5) is 10.1 Å². The van der Waals surface area contributed by atoms with Crippen molar-refractivity contribution in [3.8, 4) is 0 Å². The van der Waals surface area contributed by atoms with Crippen LogP contribution in [0.2, 0.25) is 10.0 Å². The largest absolute Gasteiger partial charge is 0.374 e. The third-order valence-corrected chi connectivity index (χ3v) is 3.98. The number of rotatable bonds is 3. The molecule has 0 atom stereocenters. The highest BCUT2D eigenvalue weighted by Crippen LogP contribution is 2.31. The number of halogens is 3. The molecule has 0 saturated carbocycles. The monoisotopic (exact) mass is 318 g/mol. The van der Waals surface area contributed by atoms with Crippen molar-refractivity contribution in [3.63, 3.8) is 0 Å². The second kappa shape index (κ2) is 7.14. The number of benzene rings is 1. The molecule has 0 aliphatic carbocycles. The molecule has 0 radical (unpaired) electrons. The highest BCUT2D eigenvalue weighted by Gasteiger charge is 2.16. The second-order valence-electron chi connectivity index (χ2n) is 4.89. The summed E-state index contributed by atoms with van der Waals surface area (Å²) < 4.78 is 13.1. The molecule has 2 rings (SSSR count). The molecule has 1 aromatic carbocycles. The zero-order valence-corrected chi connectivity index (χ0v) is 12.6. The molecule has 0 spiro atoms. The number of carbonyl (C=O) groups excluding carboxylic acids is 1.